The van der Waals surface area contributed by atoms with Gasteiger partial charge in [0, 0.05) is 24.0 Å². The SMILES string of the molecule is CCNC(Cc1ccnc2ccccc12)c1ncc[nH]1. The molecule has 1 atom stereocenters. The second-order valence-corrected chi connectivity index (χ2v) is 4.78. The van der Waals surface area contributed by atoms with E-state index in [2.05, 4.69) is 45.4 Å². The highest BCUT2D eigenvalue weighted by Crippen LogP contribution is 2.21. The summed E-state index contributed by atoms with van der Waals surface area (Å²) >= 11 is 0. The molecule has 1 unspecified atom stereocenters. The van der Waals surface area contributed by atoms with Crippen LogP contribution in [-0.4, -0.2) is 21.5 Å². The first-order valence-electron chi connectivity index (χ1n) is 6.93. The minimum atomic E-state index is 0.195. The average molecular weight is 266 g/mol. The molecule has 0 aliphatic carbocycles. The first kappa shape index (κ1) is 12.8. The van der Waals surface area contributed by atoms with Crippen LogP contribution in [0.2, 0.25) is 0 Å². The third kappa shape index (κ3) is 2.56. The zero-order chi connectivity index (χ0) is 13.8. The second-order valence-electron chi connectivity index (χ2n) is 4.78. The van der Waals surface area contributed by atoms with Crippen molar-refractivity contribution in [3.63, 3.8) is 0 Å². The Morgan fingerprint density at radius 3 is 2.85 bits per heavy atom. The maximum Gasteiger partial charge on any atom is 0.123 e. The second kappa shape index (κ2) is 5.84. The number of fused-ring (bicyclic) bond motifs is 1. The number of rotatable bonds is 5. The largest absolute Gasteiger partial charge is 0.347 e. The Hall–Kier alpha value is -2.20. The molecule has 0 aliphatic rings. The highest BCUT2D eigenvalue weighted by molar-refractivity contribution is 5.81. The number of aromatic amines is 1. The lowest BCUT2D eigenvalue weighted by Crippen LogP contribution is -2.24. The van der Waals surface area contributed by atoms with Crippen LogP contribution in [0.15, 0.2) is 48.9 Å². The summed E-state index contributed by atoms with van der Waals surface area (Å²) in [6.07, 6.45) is 6.43. The molecule has 20 heavy (non-hydrogen) atoms. The molecule has 1 aromatic carbocycles. The van der Waals surface area contributed by atoms with E-state index < -0.39 is 0 Å². The number of hydrogen-bond donors (Lipinski definition) is 2. The van der Waals surface area contributed by atoms with Gasteiger partial charge in [-0.25, -0.2) is 4.98 Å². The van der Waals surface area contributed by atoms with E-state index in [0.29, 0.717) is 0 Å². The van der Waals surface area contributed by atoms with E-state index in [1.165, 1.54) is 10.9 Å². The summed E-state index contributed by atoms with van der Waals surface area (Å²) in [6, 6.07) is 10.5. The van der Waals surface area contributed by atoms with E-state index in [4.69, 9.17) is 0 Å². The van der Waals surface area contributed by atoms with Gasteiger partial charge < -0.3 is 10.3 Å². The van der Waals surface area contributed by atoms with E-state index in [0.717, 1.165) is 24.3 Å². The molecular weight excluding hydrogens is 248 g/mol. The van der Waals surface area contributed by atoms with Gasteiger partial charge in [0.2, 0.25) is 0 Å². The molecule has 0 bridgehead atoms. The standard InChI is InChI=1S/C16H18N4/c1-2-17-15(16-19-9-10-20-16)11-12-7-8-18-14-6-4-3-5-13(12)14/h3-10,15,17H,2,11H2,1H3,(H,19,20). The van der Waals surface area contributed by atoms with E-state index in [9.17, 15) is 0 Å². The first-order valence-corrected chi connectivity index (χ1v) is 6.93. The number of nitrogens with zero attached hydrogens (tertiary/aromatic N) is 2. The number of imidazole rings is 1. The molecule has 2 heterocycles. The van der Waals surface area contributed by atoms with Gasteiger partial charge in [-0.2, -0.15) is 0 Å². The Morgan fingerprint density at radius 2 is 2.05 bits per heavy atom. The van der Waals surface area contributed by atoms with Gasteiger partial charge in [0.05, 0.1) is 11.6 Å². The van der Waals surface area contributed by atoms with Crippen molar-refractivity contribution in [2.45, 2.75) is 19.4 Å². The van der Waals surface area contributed by atoms with Crippen molar-refractivity contribution in [1.29, 1.82) is 0 Å². The molecule has 0 amide bonds. The minimum Gasteiger partial charge on any atom is -0.347 e. The van der Waals surface area contributed by atoms with Crippen LogP contribution in [0.3, 0.4) is 0 Å². The summed E-state index contributed by atoms with van der Waals surface area (Å²) in [5.74, 6) is 0.979. The number of aromatic nitrogens is 3. The van der Waals surface area contributed by atoms with Crippen LogP contribution in [0.4, 0.5) is 0 Å². The zero-order valence-electron chi connectivity index (χ0n) is 11.5. The maximum absolute atomic E-state index is 4.41. The summed E-state index contributed by atoms with van der Waals surface area (Å²) in [6.45, 7) is 3.02. The molecule has 3 rings (SSSR count). The first-order chi connectivity index (χ1) is 9.88. The van der Waals surface area contributed by atoms with Gasteiger partial charge in [0.15, 0.2) is 0 Å². The Bertz CT molecular complexity index is 671. The zero-order valence-corrected chi connectivity index (χ0v) is 11.5. The molecule has 0 radical (unpaired) electrons. The summed E-state index contributed by atoms with van der Waals surface area (Å²) in [4.78, 5) is 12.0. The number of nitrogens with one attached hydrogen (secondary N) is 2. The minimum absolute atomic E-state index is 0.195. The molecule has 3 aromatic rings. The van der Waals surface area contributed by atoms with E-state index in [1.807, 2.05) is 24.5 Å². The molecule has 102 valence electrons. The quantitative estimate of drug-likeness (QED) is 0.746. The van der Waals surface area contributed by atoms with E-state index >= 15 is 0 Å². The van der Waals surface area contributed by atoms with Crippen LogP contribution in [0.5, 0.6) is 0 Å². The predicted octanol–water partition coefficient (Wildman–Crippen LogP) is 2.85. The van der Waals surface area contributed by atoms with Crippen molar-refractivity contribution in [3.05, 3.63) is 60.3 Å². The Kier molecular flexibility index (Phi) is 3.74. The van der Waals surface area contributed by atoms with Crippen LogP contribution in [-0.2, 0) is 6.42 Å². The Balaban J connectivity index is 1.94. The molecule has 2 aromatic heterocycles. The third-order valence-corrected chi connectivity index (χ3v) is 3.46. The molecule has 2 N–H and O–H groups in total. The van der Waals surface area contributed by atoms with Gasteiger partial charge in [0.25, 0.3) is 0 Å². The lowest BCUT2D eigenvalue weighted by atomic mass is 10.0. The van der Waals surface area contributed by atoms with E-state index in [-0.39, 0.29) is 6.04 Å². The van der Waals surface area contributed by atoms with Crippen molar-refractivity contribution in [2.24, 2.45) is 0 Å². The summed E-state index contributed by atoms with van der Waals surface area (Å²) in [5, 5.41) is 4.70. The van der Waals surface area contributed by atoms with Gasteiger partial charge in [0.1, 0.15) is 5.82 Å². The maximum atomic E-state index is 4.41. The van der Waals surface area contributed by atoms with Gasteiger partial charge in [-0.05, 0) is 30.7 Å². The smallest absolute Gasteiger partial charge is 0.123 e. The molecule has 4 heteroatoms. The molecule has 0 spiro atoms. The molecular formula is C16H18N4. The molecule has 4 nitrogen and oxygen atoms in total. The lowest BCUT2D eigenvalue weighted by molar-refractivity contribution is 0.527. The van der Waals surface area contributed by atoms with Gasteiger partial charge in [-0.3, -0.25) is 4.98 Å². The van der Waals surface area contributed by atoms with Crippen LogP contribution in [0, 0.1) is 0 Å². The Labute approximate surface area is 118 Å². The van der Waals surface area contributed by atoms with Crippen molar-refractivity contribution >= 4 is 10.9 Å². The van der Waals surface area contributed by atoms with E-state index in [1.54, 1.807) is 6.20 Å². The van der Waals surface area contributed by atoms with Crippen molar-refractivity contribution in [2.75, 3.05) is 6.54 Å². The highest BCUT2D eigenvalue weighted by Gasteiger charge is 2.14. The molecule has 0 saturated carbocycles. The summed E-state index contributed by atoms with van der Waals surface area (Å²) in [7, 11) is 0. The van der Waals surface area contributed by atoms with Crippen LogP contribution >= 0.6 is 0 Å². The molecule has 0 fully saturated rings. The van der Waals surface area contributed by atoms with Crippen molar-refractivity contribution < 1.29 is 0 Å². The fourth-order valence-corrected chi connectivity index (χ4v) is 2.53. The van der Waals surface area contributed by atoms with Gasteiger partial charge in [-0.1, -0.05) is 25.1 Å². The predicted molar refractivity (Wildman–Crippen MR) is 80.5 cm³/mol. The Morgan fingerprint density at radius 1 is 1.15 bits per heavy atom. The average Bonchev–Trinajstić information content (AvgIpc) is 3.01. The topological polar surface area (TPSA) is 53.6 Å². The summed E-state index contributed by atoms with van der Waals surface area (Å²) < 4.78 is 0. The number of H-pyrrole nitrogens is 1. The summed E-state index contributed by atoms with van der Waals surface area (Å²) in [5.41, 5.74) is 2.33. The lowest BCUT2D eigenvalue weighted by Gasteiger charge is -2.16. The highest BCUT2D eigenvalue weighted by atomic mass is 15.0. The number of para-hydroxylation sites is 1. The number of benzene rings is 1. The van der Waals surface area contributed by atoms with Gasteiger partial charge >= 0.3 is 0 Å². The molecule has 0 aliphatic heterocycles. The monoisotopic (exact) mass is 266 g/mol. The fourth-order valence-electron chi connectivity index (χ4n) is 2.53. The normalized spacial score (nSPS) is 12.7. The van der Waals surface area contributed by atoms with Crippen molar-refractivity contribution in [1.82, 2.24) is 20.3 Å². The van der Waals surface area contributed by atoms with Crippen LogP contribution in [0.1, 0.15) is 24.4 Å². The van der Waals surface area contributed by atoms with Crippen LogP contribution < -0.4 is 5.32 Å². The fraction of sp³-hybridized carbons (Fsp3) is 0.250. The van der Waals surface area contributed by atoms with Crippen LogP contribution in [0.25, 0.3) is 10.9 Å². The van der Waals surface area contributed by atoms with Gasteiger partial charge in [-0.15, -0.1) is 0 Å². The number of hydrogen-bond acceptors (Lipinski definition) is 3. The number of pyridine rings is 1. The molecule has 0 saturated heterocycles. The third-order valence-electron chi connectivity index (χ3n) is 3.46. The van der Waals surface area contributed by atoms with Crippen molar-refractivity contribution in [3.8, 4) is 0 Å². The number of likely N-dealkylation sites (N-methyl/N-ethyl adjacent to an activating group) is 1.